The summed E-state index contributed by atoms with van der Waals surface area (Å²) in [5.74, 6) is 0.917. The van der Waals surface area contributed by atoms with E-state index in [1.54, 1.807) is 0 Å². The van der Waals surface area contributed by atoms with Crippen molar-refractivity contribution in [2.24, 2.45) is 5.92 Å². The molecule has 3 unspecified atom stereocenters. The van der Waals surface area contributed by atoms with Crippen LogP contribution < -0.4 is 5.32 Å². The zero-order chi connectivity index (χ0) is 15.8. The van der Waals surface area contributed by atoms with Gasteiger partial charge in [0, 0.05) is 30.1 Å². The highest BCUT2D eigenvalue weighted by Crippen LogP contribution is 2.37. The van der Waals surface area contributed by atoms with Crippen molar-refractivity contribution >= 4 is 29.9 Å². The molecule has 24 heavy (non-hydrogen) atoms. The molecule has 132 valence electrons. The highest BCUT2D eigenvalue weighted by Gasteiger charge is 2.36. The lowest BCUT2D eigenvalue weighted by molar-refractivity contribution is -0.133. The smallest absolute Gasteiger partial charge is 0.223 e. The molecule has 3 aliphatic rings. The largest absolute Gasteiger partial charge is 0.336 e. The lowest BCUT2D eigenvalue weighted by Crippen LogP contribution is -2.40. The Hall–Kier alpha value is -0.770. The molecular formula is C19H26Cl2N2O. The van der Waals surface area contributed by atoms with E-state index in [1.807, 2.05) is 18.2 Å². The van der Waals surface area contributed by atoms with Gasteiger partial charge in [-0.25, -0.2) is 0 Å². The molecule has 3 atom stereocenters. The van der Waals surface area contributed by atoms with E-state index in [0.29, 0.717) is 23.9 Å². The highest BCUT2D eigenvalue weighted by atomic mass is 35.5. The molecule has 5 heteroatoms. The van der Waals surface area contributed by atoms with Crippen molar-refractivity contribution < 1.29 is 4.79 Å². The first-order valence-corrected chi connectivity index (χ1v) is 9.38. The van der Waals surface area contributed by atoms with E-state index in [4.69, 9.17) is 11.6 Å². The summed E-state index contributed by atoms with van der Waals surface area (Å²) in [5.41, 5.74) is 1.19. The molecule has 3 fully saturated rings. The molecule has 0 aliphatic carbocycles. The number of nitrogens with zero attached hydrogens (tertiary/aromatic N) is 1. The van der Waals surface area contributed by atoms with Crippen LogP contribution in [0.15, 0.2) is 24.3 Å². The molecule has 3 saturated heterocycles. The van der Waals surface area contributed by atoms with Crippen LogP contribution in [-0.4, -0.2) is 29.4 Å². The lowest BCUT2D eigenvalue weighted by atomic mass is 9.89. The third-order valence-corrected chi connectivity index (χ3v) is 6.08. The molecule has 2 bridgehead atoms. The molecule has 0 radical (unpaired) electrons. The quantitative estimate of drug-likeness (QED) is 0.859. The van der Waals surface area contributed by atoms with E-state index in [2.05, 4.69) is 16.3 Å². The molecule has 0 spiro atoms. The van der Waals surface area contributed by atoms with Gasteiger partial charge in [0.1, 0.15) is 0 Å². The van der Waals surface area contributed by atoms with Crippen molar-refractivity contribution in [2.45, 2.75) is 63.1 Å². The summed E-state index contributed by atoms with van der Waals surface area (Å²) in [4.78, 5) is 15.0. The number of benzene rings is 1. The zero-order valence-electron chi connectivity index (χ0n) is 13.9. The van der Waals surface area contributed by atoms with Crippen molar-refractivity contribution in [3.63, 3.8) is 0 Å². The molecule has 3 heterocycles. The summed E-state index contributed by atoms with van der Waals surface area (Å²) >= 11 is 6.13. The van der Waals surface area contributed by atoms with Gasteiger partial charge in [-0.1, -0.05) is 23.7 Å². The SMILES string of the molecule is Cl.O=C(CC1CC2CCC(C1)N2)N1CCCC1c1cccc(Cl)c1. The molecule has 3 nitrogen and oxygen atoms in total. The molecule has 4 rings (SSSR count). The fourth-order valence-corrected chi connectivity index (χ4v) is 5.03. The first-order valence-electron chi connectivity index (χ1n) is 9.00. The number of carbonyl (C=O) groups excluding carboxylic acids is 1. The second kappa shape index (κ2) is 7.63. The average molecular weight is 369 g/mol. The Morgan fingerprint density at radius 3 is 2.67 bits per heavy atom. The van der Waals surface area contributed by atoms with Gasteiger partial charge in [0.2, 0.25) is 5.91 Å². The maximum Gasteiger partial charge on any atom is 0.223 e. The summed E-state index contributed by atoms with van der Waals surface area (Å²) in [6.45, 7) is 0.897. The Bertz CT molecular complexity index is 582. The molecule has 1 N–H and O–H groups in total. The summed E-state index contributed by atoms with van der Waals surface area (Å²) in [5, 5.41) is 4.43. The predicted octanol–water partition coefficient (Wildman–Crippen LogP) is 4.35. The van der Waals surface area contributed by atoms with Crippen LogP contribution in [0.1, 0.15) is 56.6 Å². The standard InChI is InChI=1S/C19H25ClN2O.ClH/c20-15-4-1-3-14(12-15)18-5-2-8-22(18)19(23)11-13-9-16-6-7-17(10-13)21-16;/h1,3-4,12-13,16-18,21H,2,5-11H2;1H. The van der Waals surface area contributed by atoms with Crippen LogP contribution in [0.4, 0.5) is 0 Å². The van der Waals surface area contributed by atoms with Gasteiger partial charge in [-0.2, -0.15) is 0 Å². The third-order valence-electron chi connectivity index (χ3n) is 5.84. The summed E-state index contributed by atoms with van der Waals surface area (Å²) in [6, 6.07) is 9.55. The second-order valence-corrected chi connectivity index (χ2v) is 7.92. The van der Waals surface area contributed by atoms with Crippen LogP contribution in [0.25, 0.3) is 0 Å². The number of hydrogen-bond acceptors (Lipinski definition) is 2. The van der Waals surface area contributed by atoms with Crippen molar-refractivity contribution in [2.75, 3.05) is 6.54 Å². The van der Waals surface area contributed by atoms with E-state index in [0.717, 1.165) is 30.8 Å². The van der Waals surface area contributed by atoms with Crippen LogP contribution in [0.2, 0.25) is 5.02 Å². The van der Waals surface area contributed by atoms with E-state index in [-0.39, 0.29) is 18.4 Å². The second-order valence-electron chi connectivity index (χ2n) is 7.48. The van der Waals surface area contributed by atoms with Gasteiger partial charge in [-0.05, 0) is 62.1 Å². The lowest BCUT2D eigenvalue weighted by Gasteiger charge is -2.31. The van der Waals surface area contributed by atoms with Crippen LogP contribution in [0.5, 0.6) is 0 Å². The molecule has 1 amide bonds. The number of amides is 1. The Balaban J connectivity index is 0.00000169. The maximum atomic E-state index is 12.9. The van der Waals surface area contributed by atoms with Gasteiger partial charge in [0.25, 0.3) is 0 Å². The molecule has 1 aromatic carbocycles. The number of hydrogen-bond donors (Lipinski definition) is 1. The summed E-state index contributed by atoms with van der Waals surface area (Å²) in [6.07, 6.45) is 7.83. The van der Waals surface area contributed by atoms with Gasteiger partial charge in [0.15, 0.2) is 0 Å². The summed E-state index contributed by atoms with van der Waals surface area (Å²) < 4.78 is 0. The minimum absolute atomic E-state index is 0. The van der Waals surface area contributed by atoms with Crippen LogP contribution in [0.3, 0.4) is 0 Å². The van der Waals surface area contributed by atoms with Gasteiger partial charge in [0.05, 0.1) is 6.04 Å². The molecule has 0 saturated carbocycles. The fraction of sp³-hybridized carbons (Fsp3) is 0.632. The molecule has 1 aromatic rings. The Labute approximate surface area is 155 Å². The highest BCUT2D eigenvalue weighted by molar-refractivity contribution is 6.30. The Morgan fingerprint density at radius 1 is 1.21 bits per heavy atom. The van der Waals surface area contributed by atoms with Gasteiger partial charge in [-0.15, -0.1) is 12.4 Å². The number of fused-ring (bicyclic) bond motifs is 2. The minimum atomic E-state index is 0. The number of likely N-dealkylation sites (tertiary alicyclic amines) is 1. The topological polar surface area (TPSA) is 32.3 Å². The van der Waals surface area contributed by atoms with E-state index in [1.165, 1.54) is 31.2 Å². The van der Waals surface area contributed by atoms with Gasteiger partial charge in [-0.3, -0.25) is 4.79 Å². The van der Waals surface area contributed by atoms with E-state index < -0.39 is 0 Å². The first-order chi connectivity index (χ1) is 11.2. The average Bonchev–Trinajstić information content (AvgIpc) is 3.14. The summed E-state index contributed by atoms with van der Waals surface area (Å²) in [7, 11) is 0. The van der Waals surface area contributed by atoms with Crippen molar-refractivity contribution in [3.05, 3.63) is 34.9 Å². The zero-order valence-corrected chi connectivity index (χ0v) is 15.5. The number of carbonyl (C=O) groups is 1. The van der Waals surface area contributed by atoms with Crippen LogP contribution >= 0.6 is 24.0 Å². The maximum absolute atomic E-state index is 12.9. The number of piperidine rings is 1. The predicted molar refractivity (Wildman–Crippen MR) is 99.7 cm³/mol. The van der Waals surface area contributed by atoms with Crippen molar-refractivity contribution in [1.29, 1.82) is 0 Å². The van der Waals surface area contributed by atoms with E-state index in [9.17, 15) is 4.79 Å². The minimum Gasteiger partial charge on any atom is -0.336 e. The van der Waals surface area contributed by atoms with Crippen molar-refractivity contribution in [1.82, 2.24) is 10.2 Å². The number of rotatable bonds is 3. The first kappa shape index (κ1) is 18.0. The van der Waals surface area contributed by atoms with Crippen LogP contribution in [0, 0.1) is 5.92 Å². The number of halogens is 2. The molecule has 0 aromatic heterocycles. The monoisotopic (exact) mass is 368 g/mol. The number of nitrogens with one attached hydrogen (secondary N) is 1. The van der Waals surface area contributed by atoms with Crippen molar-refractivity contribution in [3.8, 4) is 0 Å². The molecular weight excluding hydrogens is 343 g/mol. The van der Waals surface area contributed by atoms with Crippen LogP contribution in [-0.2, 0) is 4.79 Å². The fourth-order valence-electron chi connectivity index (χ4n) is 4.83. The Kier molecular flexibility index (Phi) is 5.74. The third kappa shape index (κ3) is 3.74. The van der Waals surface area contributed by atoms with Gasteiger partial charge >= 0.3 is 0 Å². The van der Waals surface area contributed by atoms with E-state index >= 15 is 0 Å². The normalized spacial score (nSPS) is 31.8. The molecule has 3 aliphatic heterocycles. The Morgan fingerprint density at radius 2 is 1.96 bits per heavy atom. The van der Waals surface area contributed by atoms with Gasteiger partial charge < -0.3 is 10.2 Å².